The molecule has 100 valence electrons. The number of amides is 2. The van der Waals surface area contributed by atoms with Crippen LogP contribution in [-0.4, -0.2) is 68.4 Å². The lowest BCUT2D eigenvalue weighted by atomic mass is 10.0. The molecule has 0 aromatic heterocycles. The van der Waals surface area contributed by atoms with Crippen molar-refractivity contribution in [3.05, 3.63) is 0 Å². The van der Waals surface area contributed by atoms with E-state index in [1.807, 2.05) is 0 Å². The molecule has 17 heavy (non-hydrogen) atoms. The predicted octanol–water partition coefficient (Wildman–Crippen LogP) is -3.52. The molecule has 6 N–H and O–H groups in total. The SMILES string of the molecule is CCC(=O)NC(=O)[C@@H](O)[C@@H](O)[C@H](O)[C@H](O)CO. The zero-order chi connectivity index (χ0) is 13.6. The van der Waals surface area contributed by atoms with Crippen LogP contribution < -0.4 is 5.32 Å². The molecule has 8 nitrogen and oxygen atoms in total. The number of aliphatic hydroxyl groups is 5. The van der Waals surface area contributed by atoms with Crippen molar-refractivity contribution >= 4 is 11.8 Å². The zero-order valence-electron chi connectivity index (χ0n) is 9.28. The summed E-state index contributed by atoms with van der Waals surface area (Å²) in [5.41, 5.74) is 0. The minimum absolute atomic E-state index is 0.0103. The minimum Gasteiger partial charge on any atom is -0.394 e. The number of nitrogens with one attached hydrogen (secondary N) is 1. The van der Waals surface area contributed by atoms with Crippen molar-refractivity contribution in [1.29, 1.82) is 0 Å². The highest BCUT2D eigenvalue weighted by Gasteiger charge is 2.34. The second-order valence-corrected chi connectivity index (χ2v) is 3.44. The first-order chi connectivity index (χ1) is 7.84. The van der Waals surface area contributed by atoms with Gasteiger partial charge in [0.2, 0.25) is 5.91 Å². The molecule has 0 rings (SSSR count). The van der Waals surface area contributed by atoms with Crippen molar-refractivity contribution in [2.45, 2.75) is 37.8 Å². The second kappa shape index (κ2) is 7.30. The Morgan fingerprint density at radius 1 is 1.12 bits per heavy atom. The number of aliphatic hydroxyl groups excluding tert-OH is 5. The lowest BCUT2D eigenvalue weighted by molar-refractivity contribution is -0.151. The quantitative estimate of drug-likeness (QED) is 0.286. The van der Waals surface area contributed by atoms with E-state index in [2.05, 4.69) is 0 Å². The van der Waals surface area contributed by atoms with E-state index in [1.165, 1.54) is 6.92 Å². The third kappa shape index (κ3) is 4.75. The number of carbonyl (C=O) groups is 2. The Morgan fingerprint density at radius 2 is 1.65 bits per heavy atom. The van der Waals surface area contributed by atoms with Gasteiger partial charge in [0.15, 0.2) is 6.10 Å². The van der Waals surface area contributed by atoms with Crippen LogP contribution in [0.25, 0.3) is 0 Å². The van der Waals surface area contributed by atoms with Gasteiger partial charge in [-0.15, -0.1) is 0 Å². The third-order valence-electron chi connectivity index (χ3n) is 2.11. The third-order valence-corrected chi connectivity index (χ3v) is 2.11. The average Bonchev–Trinajstić information content (AvgIpc) is 2.34. The molecule has 0 aromatic rings. The van der Waals surface area contributed by atoms with E-state index in [1.54, 1.807) is 5.32 Å². The van der Waals surface area contributed by atoms with Crippen LogP contribution in [0.2, 0.25) is 0 Å². The number of rotatable bonds is 6. The van der Waals surface area contributed by atoms with Crippen LogP contribution >= 0.6 is 0 Å². The van der Waals surface area contributed by atoms with Gasteiger partial charge in [-0.2, -0.15) is 0 Å². The molecular formula is C9H17NO7. The first-order valence-electron chi connectivity index (χ1n) is 5.01. The molecule has 0 aliphatic heterocycles. The summed E-state index contributed by atoms with van der Waals surface area (Å²) in [6, 6.07) is 0. The van der Waals surface area contributed by atoms with E-state index in [0.717, 1.165) is 0 Å². The molecule has 0 aromatic carbocycles. The Kier molecular flexibility index (Phi) is 6.85. The van der Waals surface area contributed by atoms with Gasteiger partial charge in [0.1, 0.15) is 18.3 Å². The van der Waals surface area contributed by atoms with Gasteiger partial charge in [-0.1, -0.05) is 6.92 Å². The first kappa shape index (κ1) is 15.9. The normalized spacial score (nSPS) is 18.0. The average molecular weight is 251 g/mol. The maximum absolute atomic E-state index is 11.2. The molecule has 0 fully saturated rings. The van der Waals surface area contributed by atoms with Crippen molar-refractivity contribution in [1.82, 2.24) is 5.32 Å². The van der Waals surface area contributed by atoms with E-state index in [4.69, 9.17) is 10.2 Å². The molecule has 0 heterocycles. The maximum atomic E-state index is 11.2. The van der Waals surface area contributed by atoms with Crippen LogP contribution in [0.4, 0.5) is 0 Å². The van der Waals surface area contributed by atoms with Crippen LogP contribution in [0.1, 0.15) is 13.3 Å². The lowest BCUT2D eigenvalue weighted by Crippen LogP contribution is -2.52. The molecule has 0 saturated carbocycles. The van der Waals surface area contributed by atoms with Crippen LogP contribution in [0, 0.1) is 0 Å². The van der Waals surface area contributed by atoms with Gasteiger partial charge in [0, 0.05) is 6.42 Å². The summed E-state index contributed by atoms with van der Waals surface area (Å²) >= 11 is 0. The number of hydrogen-bond acceptors (Lipinski definition) is 7. The highest BCUT2D eigenvalue weighted by atomic mass is 16.4. The fourth-order valence-electron chi connectivity index (χ4n) is 0.977. The first-order valence-corrected chi connectivity index (χ1v) is 5.01. The maximum Gasteiger partial charge on any atom is 0.258 e. The number of hydrogen-bond donors (Lipinski definition) is 6. The minimum atomic E-state index is -2.08. The smallest absolute Gasteiger partial charge is 0.258 e. The largest absolute Gasteiger partial charge is 0.394 e. The van der Waals surface area contributed by atoms with E-state index in [-0.39, 0.29) is 6.42 Å². The zero-order valence-corrected chi connectivity index (χ0v) is 9.28. The summed E-state index contributed by atoms with van der Waals surface area (Å²) in [4.78, 5) is 22.0. The Balaban J connectivity index is 4.43. The van der Waals surface area contributed by atoms with Crippen molar-refractivity contribution in [2.24, 2.45) is 0 Å². The monoisotopic (exact) mass is 251 g/mol. The highest BCUT2D eigenvalue weighted by molar-refractivity contribution is 5.97. The molecule has 0 saturated heterocycles. The van der Waals surface area contributed by atoms with Gasteiger partial charge in [-0.25, -0.2) is 0 Å². The molecule has 0 aliphatic carbocycles. The van der Waals surface area contributed by atoms with E-state index in [0.29, 0.717) is 0 Å². The topological polar surface area (TPSA) is 147 Å². The van der Waals surface area contributed by atoms with E-state index in [9.17, 15) is 24.9 Å². The van der Waals surface area contributed by atoms with Crippen LogP contribution in [0.3, 0.4) is 0 Å². The van der Waals surface area contributed by atoms with Gasteiger partial charge in [0.05, 0.1) is 6.61 Å². The lowest BCUT2D eigenvalue weighted by Gasteiger charge is -2.24. The van der Waals surface area contributed by atoms with Crippen LogP contribution in [0.5, 0.6) is 0 Å². The molecule has 0 radical (unpaired) electrons. The molecular weight excluding hydrogens is 234 g/mol. The predicted molar refractivity (Wildman–Crippen MR) is 54.6 cm³/mol. The van der Waals surface area contributed by atoms with Gasteiger partial charge in [-0.3, -0.25) is 14.9 Å². The molecule has 0 spiro atoms. The fraction of sp³-hybridized carbons (Fsp3) is 0.778. The summed E-state index contributed by atoms with van der Waals surface area (Å²) in [5, 5.41) is 47.1. The molecule has 0 aliphatic rings. The highest BCUT2D eigenvalue weighted by Crippen LogP contribution is 2.05. The Bertz CT molecular complexity index is 270. The number of imide groups is 1. The van der Waals surface area contributed by atoms with Crippen molar-refractivity contribution < 1.29 is 35.1 Å². The molecule has 2 amide bonds. The van der Waals surface area contributed by atoms with E-state index >= 15 is 0 Å². The Labute approximate surface area is 97.5 Å². The van der Waals surface area contributed by atoms with Gasteiger partial charge in [-0.05, 0) is 0 Å². The molecule has 0 bridgehead atoms. The molecule has 4 atom stereocenters. The standard InChI is InChI=1S/C9H17NO7/c1-2-5(13)10-9(17)8(16)7(15)6(14)4(12)3-11/h4,6-8,11-12,14-16H,2-3H2,1H3,(H,10,13,17)/t4-,6-,7+,8+/m1/s1. The summed E-state index contributed by atoms with van der Waals surface area (Å²) in [5.74, 6) is -1.84. The Hall–Kier alpha value is -1.06. The summed E-state index contributed by atoms with van der Waals surface area (Å²) < 4.78 is 0. The van der Waals surface area contributed by atoms with Gasteiger partial charge in [0.25, 0.3) is 5.91 Å². The van der Waals surface area contributed by atoms with Crippen molar-refractivity contribution in [3.63, 3.8) is 0 Å². The summed E-state index contributed by atoms with van der Waals surface area (Å²) in [6.07, 6.45) is -7.69. The van der Waals surface area contributed by atoms with Crippen LogP contribution in [-0.2, 0) is 9.59 Å². The summed E-state index contributed by atoms with van der Waals surface area (Å²) in [6.45, 7) is 0.635. The number of carbonyl (C=O) groups excluding carboxylic acids is 2. The molecule has 8 heteroatoms. The fourth-order valence-corrected chi connectivity index (χ4v) is 0.977. The molecule has 0 unspecified atom stereocenters. The summed E-state index contributed by atoms with van der Waals surface area (Å²) in [7, 11) is 0. The van der Waals surface area contributed by atoms with E-state index < -0.39 is 42.8 Å². The van der Waals surface area contributed by atoms with Crippen molar-refractivity contribution in [3.8, 4) is 0 Å². The van der Waals surface area contributed by atoms with Gasteiger partial charge < -0.3 is 25.5 Å². The van der Waals surface area contributed by atoms with Gasteiger partial charge >= 0.3 is 0 Å². The second-order valence-electron chi connectivity index (χ2n) is 3.44. The van der Waals surface area contributed by atoms with Crippen LogP contribution in [0.15, 0.2) is 0 Å². The Morgan fingerprint density at radius 3 is 2.06 bits per heavy atom. The van der Waals surface area contributed by atoms with Crippen molar-refractivity contribution in [2.75, 3.05) is 6.61 Å².